The summed E-state index contributed by atoms with van der Waals surface area (Å²) in [7, 11) is 0. The van der Waals surface area contributed by atoms with Crippen molar-refractivity contribution in [1.82, 2.24) is 0 Å². The van der Waals surface area contributed by atoms with Gasteiger partial charge < -0.3 is 0 Å². The van der Waals surface area contributed by atoms with Crippen molar-refractivity contribution in [2.75, 3.05) is 0 Å². The third-order valence-corrected chi connectivity index (χ3v) is 5.50. The van der Waals surface area contributed by atoms with Crippen molar-refractivity contribution in [2.45, 2.75) is 13.8 Å². The maximum atomic E-state index is 2.34. The van der Waals surface area contributed by atoms with Crippen LogP contribution in [-0.4, -0.2) is 0 Å². The molecule has 0 aliphatic heterocycles. The van der Waals surface area contributed by atoms with Gasteiger partial charge in [-0.15, -0.1) is 0 Å². The van der Waals surface area contributed by atoms with Gasteiger partial charge in [0.05, 0.1) is 0 Å². The van der Waals surface area contributed by atoms with E-state index in [-0.39, 0.29) is 0 Å². The van der Waals surface area contributed by atoms with Crippen molar-refractivity contribution in [1.29, 1.82) is 0 Å². The van der Waals surface area contributed by atoms with E-state index in [1.54, 1.807) is 0 Å². The molecule has 6 rings (SSSR count). The summed E-state index contributed by atoms with van der Waals surface area (Å²) in [5, 5.41) is 0. The van der Waals surface area contributed by atoms with Gasteiger partial charge in [0, 0.05) is 0 Å². The van der Waals surface area contributed by atoms with Crippen LogP contribution >= 0.6 is 0 Å². The Hall–Kier alpha value is -3.12. The van der Waals surface area contributed by atoms with Crippen LogP contribution in [0.3, 0.4) is 0 Å². The van der Waals surface area contributed by atoms with E-state index in [1.807, 2.05) is 0 Å². The lowest BCUT2D eigenvalue weighted by Crippen LogP contribution is -1.92. The summed E-state index contributed by atoms with van der Waals surface area (Å²) >= 11 is 0. The Morgan fingerprint density at radius 1 is 0.423 bits per heavy atom. The quantitative estimate of drug-likeness (QED) is 0.279. The number of benzene rings is 4. The largest absolute Gasteiger partial charge is 0.0616 e. The number of rotatable bonds is 0. The first-order valence-corrected chi connectivity index (χ1v) is 9.13. The minimum absolute atomic E-state index is 1.27. The molecule has 4 aromatic carbocycles. The lowest BCUT2D eigenvalue weighted by Gasteiger charge is -2.17. The first-order chi connectivity index (χ1) is 12.7. The Morgan fingerprint density at radius 2 is 0.962 bits per heavy atom. The molecule has 0 saturated heterocycles. The second-order valence-corrected chi connectivity index (χ2v) is 7.15. The van der Waals surface area contributed by atoms with Gasteiger partial charge in [-0.1, -0.05) is 78.9 Å². The number of fused-ring (bicyclic) bond motifs is 2. The van der Waals surface area contributed by atoms with E-state index in [4.69, 9.17) is 0 Å². The van der Waals surface area contributed by atoms with Crippen molar-refractivity contribution in [3.8, 4) is 44.5 Å². The average Bonchev–Trinajstić information content (AvgIpc) is 2.71. The van der Waals surface area contributed by atoms with Crippen molar-refractivity contribution >= 4 is 0 Å². The minimum Gasteiger partial charge on any atom is -0.0616 e. The Kier molecular flexibility index (Phi) is 3.33. The third kappa shape index (κ3) is 2.23. The Balaban J connectivity index is 1.97. The van der Waals surface area contributed by atoms with Gasteiger partial charge in [-0.3, -0.25) is 0 Å². The lowest BCUT2D eigenvalue weighted by atomic mass is 9.87. The summed E-state index contributed by atoms with van der Waals surface area (Å²) in [6, 6.07) is 31.2. The molecule has 0 saturated carbocycles. The standard InChI is InChI=1S/C26H20/c1-17-10-11-18(2)26-22-7-5-6-21(16-22)24-9-4-3-8-23(24)19-12-14-20(15-13-19)25(17)26/h3-16H,1-2H3. The molecule has 4 bridgehead atoms. The molecule has 0 heterocycles. The van der Waals surface area contributed by atoms with E-state index in [0.717, 1.165) is 0 Å². The highest BCUT2D eigenvalue weighted by Gasteiger charge is 2.16. The van der Waals surface area contributed by atoms with E-state index in [1.165, 1.54) is 55.6 Å². The summed E-state index contributed by atoms with van der Waals surface area (Å²) in [5.74, 6) is 0. The summed E-state index contributed by atoms with van der Waals surface area (Å²) in [6.07, 6.45) is 0. The summed E-state index contributed by atoms with van der Waals surface area (Å²) < 4.78 is 0. The van der Waals surface area contributed by atoms with Crippen LogP contribution in [0.5, 0.6) is 0 Å². The van der Waals surface area contributed by atoms with Gasteiger partial charge in [0.1, 0.15) is 0 Å². The molecule has 26 heavy (non-hydrogen) atoms. The smallest absolute Gasteiger partial charge is 0.00732 e. The third-order valence-electron chi connectivity index (χ3n) is 5.50. The SMILES string of the molecule is Cc1ccc(C)c2c1-c1ccc(cc1)-c1ccccc1-c1cccc-2c1. The fourth-order valence-corrected chi connectivity index (χ4v) is 4.20. The molecule has 2 aliphatic rings. The van der Waals surface area contributed by atoms with Gasteiger partial charge in [-0.05, 0) is 75.5 Å². The monoisotopic (exact) mass is 332 g/mol. The van der Waals surface area contributed by atoms with Crippen molar-refractivity contribution in [3.05, 3.63) is 96.1 Å². The topological polar surface area (TPSA) is 0 Å². The molecule has 0 aromatic heterocycles. The van der Waals surface area contributed by atoms with Crippen LogP contribution in [0.25, 0.3) is 44.5 Å². The molecule has 124 valence electrons. The molecule has 0 nitrogen and oxygen atoms in total. The maximum absolute atomic E-state index is 2.34. The summed E-state index contributed by atoms with van der Waals surface area (Å²) in [5.41, 5.74) is 13.0. The second kappa shape index (κ2) is 5.71. The second-order valence-electron chi connectivity index (χ2n) is 7.15. The zero-order valence-corrected chi connectivity index (χ0v) is 15.1. The van der Waals surface area contributed by atoms with Crippen molar-refractivity contribution < 1.29 is 0 Å². The molecule has 4 aromatic rings. The van der Waals surface area contributed by atoms with Gasteiger partial charge in [0.25, 0.3) is 0 Å². The highest BCUT2D eigenvalue weighted by molar-refractivity contribution is 5.92. The van der Waals surface area contributed by atoms with E-state index in [2.05, 4.69) is 98.8 Å². The predicted molar refractivity (Wildman–Crippen MR) is 111 cm³/mol. The Morgan fingerprint density at radius 3 is 1.65 bits per heavy atom. The van der Waals surface area contributed by atoms with Crippen LogP contribution in [-0.2, 0) is 0 Å². The van der Waals surface area contributed by atoms with Crippen molar-refractivity contribution in [3.63, 3.8) is 0 Å². The van der Waals surface area contributed by atoms with Crippen LogP contribution < -0.4 is 0 Å². The van der Waals surface area contributed by atoms with Crippen LogP contribution in [0, 0.1) is 13.8 Å². The Bertz CT molecular complexity index is 1130. The fraction of sp³-hybridized carbons (Fsp3) is 0.0769. The Labute approximate surface area is 154 Å². The lowest BCUT2D eigenvalue weighted by molar-refractivity contribution is 1.39. The van der Waals surface area contributed by atoms with Crippen LogP contribution in [0.4, 0.5) is 0 Å². The first kappa shape index (κ1) is 15.2. The first-order valence-electron chi connectivity index (χ1n) is 9.13. The van der Waals surface area contributed by atoms with Gasteiger partial charge in [0.2, 0.25) is 0 Å². The molecule has 0 spiro atoms. The minimum atomic E-state index is 1.27. The summed E-state index contributed by atoms with van der Waals surface area (Å²) in [6.45, 7) is 4.43. The average molecular weight is 332 g/mol. The molecule has 0 heteroatoms. The summed E-state index contributed by atoms with van der Waals surface area (Å²) in [4.78, 5) is 0. The zero-order valence-electron chi connectivity index (χ0n) is 15.1. The van der Waals surface area contributed by atoms with E-state index < -0.39 is 0 Å². The van der Waals surface area contributed by atoms with Gasteiger partial charge in [0.15, 0.2) is 0 Å². The fourth-order valence-electron chi connectivity index (χ4n) is 4.20. The zero-order chi connectivity index (χ0) is 17.7. The molecule has 0 radical (unpaired) electrons. The molecule has 0 N–H and O–H groups in total. The molecule has 2 aliphatic carbocycles. The van der Waals surface area contributed by atoms with E-state index in [0.29, 0.717) is 0 Å². The van der Waals surface area contributed by atoms with Crippen LogP contribution in [0.15, 0.2) is 84.9 Å². The van der Waals surface area contributed by atoms with Crippen molar-refractivity contribution in [2.24, 2.45) is 0 Å². The number of aryl methyl sites for hydroxylation is 2. The van der Waals surface area contributed by atoms with Gasteiger partial charge in [-0.25, -0.2) is 0 Å². The molecule has 0 amide bonds. The maximum Gasteiger partial charge on any atom is -0.00732 e. The molecular formula is C26H20. The highest BCUT2D eigenvalue weighted by atomic mass is 14.2. The van der Waals surface area contributed by atoms with Gasteiger partial charge >= 0.3 is 0 Å². The normalized spacial score (nSPS) is 11.5. The highest BCUT2D eigenvalue weighted by Crippen LogP contribution is 2.42. The molecule has 0 atom stereocenters. The van der Waals surface area contributed by atoms with Gasteiger partial charge in [-0.2, -0.15) is 0 Å². The van der Waals surface area contributed by atoms with E-state index >= 15 is 0 Å². The molecular weight excluding hydrogens is 312 g/mol. The predicted octanol–water partition coefficient (Wildman–Crippen LogP) is 7.28. The molecule has 0 fully saturated rings. The molecule has 0 unspecified atom stereocenters. The van der Waals surface area contributed by atoms with Crippen LogP contribution in [0.2, 0.25) is 0 Å². The van der Waals surface area contributed by atoms with Crippen LogP contribution in [0.1, 0.15) is 11.1 Å². The van der Waals surface area contributed by atoms with E-state index in [9.17, 15) is 0 Å². The number of hydrogen-bond donors (Lipinski definition) is 0. The number of hydrogen-bond acceptors (Lipinski definition) is 0.